The van der Waals surface area contributed by atoms with E-state index in [-0.39, 0.29) is 5.91 Å². The minimum atomic E-state index is 0.225. The number of hydrogen-bond donors (Lipinski definition) is 1. The van der Waals surface area contributed by atoms with E-state index in [0.29, 0.717) is 11.4 Å². The molecular formula is C16H22N2OS. The summed E-state index contributed by atoms with van der Waals surface area (Å²) in [5.41, 5.74) is 7.43. The number of nitrogens with two attached hydrogens (primary N) is 1. The lowest BCUT2D eigenvalue weighted by Gasteiger charge is -2.31. The fraction of sp³-hybridized carbons (Fsp3) is 0.500. The van der Waals surface area contributed by atoms with Crippen LogP contribution in [0.1, 0.15) is 37.3 Å². The van der Waals surface area contributed by atoms with Gasteiger partial charge in [0.05, 0.1) is 6.42 Å². The molecule has 1 saturated heterocycles. The number of rotatable bonds is 4. The quantitative estimate of drug-likeness (QED) is 0.867. The normalized spacial score (nSPS) is 16.1. The minimum absolute atomic E-state index is 0.225. The molecule has 0 radical (unpaired) electrons. The molecule has 2 N–H and O–H groups in total. The van der Waals surface area contributed by atoms with Crippen LogP contribution in [0.5, 0.6) is 0 Å². The number of likely N-dealkylation sites (tertiary alicyclic amines) is 1. The number of thiocarbonyl (C=S) groups is 1. The molecule has 108 valence electrons. The first-order chi connectivity index (χ1) is 9.60. The number of carbonyl (C=O) groups excluding carboxylic acids is 1. The van der Waals surface area contributed by atoms with E-state index in [9.17, 15) is 4.79 Å². The summed E-state index contributed by atoms with van der Waals surface area (Å²) >= 11 is 4.92. The highest BCUT2D eigenvalue weighted by atomic mass is 32.1. The fourth-order valence-electron chi connectivity index (χ4n) is 2.66. The molecule has 4 heteroatoms. The summed E-state index contributed by atoms with van der Waals surface area (Å²) in [6.07, 6.45) is 3.97. The average Bonchev–Trinajstić information content (AvgIpc) is 2.48. The molecule has 0 aromatic heterocycles. The number of hydrogen-bond acceptors (Lipinski definition) is 2. The van der Waals surface area contributed by atoms with Gasteiger partial charge in [-0.05, 0) is 24.3 Å². The van der Waals surface area contributed by atoms with Crippen LogP contribution in [0.3, 0.4) is 0 Å². The summed E-state index contributed by atoms with van der Waals surface area (Å²) in [6, 6.07) is 7.64. The highest BCUT2D eigenvalue weighted by molar-refractivity contribution is 7.80. The molecule has 0 unspecified atom stereocenters. The van der Waals surface area contributed by atoms with Gasteiger partial charge in [-0.25, -0.2) is 0 Å². The molecule has 1 aromatic carbocycles. The third kappa shape index (κ3) is 3.79. The highest BCUT2D eigenvalue weighted by Crippen LogP contribution is 2.20. The van der Waals surface area contributed by atoms with E-state index in [1.54, 1.807) is 0 Å². The zero-order chi connectivity index (χ0) is 14.5. The minimum Gasteiger partial charge on any atom is -0.389 e. The molecule has 2 rings (SSSR count). The van der Waals surface area contributed by atoms with E-state index in [0.717, 1.165) is 43.0 Å². The third-order valence-corrected chi connectivity index (χ3v) is 4.37. The van der Waals surface area contributed by atoms with Crippen molar-refractivity contribution in [2.75, 3.05) is 13.1 Å². The molecule has 1 heterocycles. The van der Waals surface area contributed by atoms with E-state index in [4.69, 9.17) is 18.0 Å². The summed E-state index contributed by atoms with van der Waals surface area (Å²) in [5.74, 6) is 1.02. The predicted octanol–water partition coefficient (Wildman–Crippen LogP) is 2.51. The lowest BCUT2D eigenvalue weighted by atomic mass is 9.94. The van der Waals surface area contributed by atoms with Gasteiger partial charge in [0.15, 0.2) is 0 Å². The van der Waals surface area contributed by atoms with Gasteiger partial charge in [0, 0.05) is 18.7 Å². The van der Waals surface area contributed by atoms with Gasteiger partial charge in [-0.2, -0.15) is 0 Å². The van der Waals surface area contributed by atoms with Crippen molar-refractivity contribution in [3.63, 3.8) is 0 Å². The van der Waals surface area contributed by atoms with Gasteiger partial charge in [-0.1, -0.05) is 49.8 Å². The van der Waals surface area contributed by atoms with Gasteiger partial charge < -0.3 is 10.6 Å². The lowest BCUT2D eigenvalue weighted by molar-refractivity contribution is -0.131. The number of amides is 1. The van der Waals surface area contributed by atoms with Gasteiger partial charge in [0.25, 0.3) is 0 Å². The first-order valence-electron chi connectivity index (χ1n) is 7.26. The SMILES string of the molecule is CCC1CCN(C(=O)Cc2ccc(C(N)=S)cc2)CC1. The Morgan fingerprint density at radius 2 is 1.90 bits per heavy atom. The van der Waals surface area contributed by atoms with Gasteiger partial charge >= 0.3 is 0 Å². The molecule has 1 amide bonds. The largest absolute Gasteiger partial charge is 0.389 e. The molecule has 0 atom stereocenters. The van der Waals surface area contributed by atoms with Crippen LogP contribution < -0.4 is 5.73 Å². The van der Waals surface area contributed by atoms with Crippen molar-refractivity contribution in [2.45, 2.75) is 32.6 Å². The number of benzene rings is 1. The zero-order valence-electron chi connectivity index (χ0n) is 12.0. The summed E-state index contributed by atoms with van der Waals surface area (Å²) in [7, 11) is 0. The average molecular weight is 290 g/mol. The Bertz CT molecular complexity index is 476. The second-order valence-corrected chi connectivity index (χ2v) is 5.91. The predicted molar refractivity (Wildman–Crippen MR) is 85.6 cm³/mol. The van der Waals surface area contributed by atoms with E-state index in [1.165, 1.54) is 6.42 Å². The van der Waals surface area contributed by atoms with Crippen molar-refractivity contribution in [1.29, 1.82) is 0 Å². The van der Waals surface area contributed by atoms with Crippen molar-refractivity contribution < 1.29 is 4.79 Å². The Labute approximate surface area is 126 Å². The lowest BCUT2D eigenvalue weighted by Crippen LogP contribution is -2.39. The standard InChI is InChI=1S/C16H22N2OS/c1-2-12-7-9-18(10-8-12)15(19)11-13-3-5-14(6-4-13)16(17)20/h3-6,12H,2,7-11H2,1H3,(H2,17,20). The molecule has 0 bridgehead atoms. The van der Waals surface area contributed by atoms with Crippen molar-refractivity contribution in [3.8, 4) is 0 Å². The van der Waals surface area contributed by atoms with Crippen molar-refractivity contribution in [2.24, 2.45) is 11.7 Å². The number of piperidine rings is 1. The Hall–Kier alpha value is -1.42. The van der Waals surface area contributed by atoms with Crippen molar-refractivity contribution >= 4 is 23.1 Å². The van der Waals surface area contributed by atoms with Crippen LogP contribution in [-0.2, 0) is 11.2 Å². The summed E-state index contributed by atoms with van der Waals surface area (Å²) in [4.78, 5) is 14.6. The molecule has 1 aromatic rings. The zero-order valence-corrected chi connectivity index (χ0v) is 12.8. The van der Waals surface area contributed by atoms with E-state index in [1.807, 2.05) is 29.2 Å². The maximum atomic E-state index is 12.3. The number of carbonyl (C=O) groups is 1. The highest BCUT2D eigenvalue weighted by Gasteiger charge is 2.21. The van der Waals surface area contributed by atoms with Crippen molar-refractivity contribution in [1.82, 2.24) is 4.90 Å². The van der Waals surface area contributed by atoms with E-state index >= 15 is 0 Å². The monoisotopic (exact) mass is 290 g/mol. The Balaban J connectivity index is 1.90. The van der Waals surface area contributed by atoms with Crippen LogP contribution in [0, 0.1) is 5.92 Å². The Morgan fingerprint density at radius 3 is 2.40 bits per heavy atom. The first-order valence-corrected chi connectivity index (χ1v) is 7.67. The molecule has 0 saturated carbocycles. The molecule has 1 aliphatic rings. The maximum Gasteiger partial charge on any atom is 0.226 e. The Morgan fingerprint density at radius 1 is 1.30 bits per heavy atom. The van der Waals surface area contributed by atoms with E-state index in [2.05, 4.69) is 6.92 Å². The molecule has 20 heavy (non-hydrogen) atoms. The summed E-state index contributed by atoms with van der Waals surface area (Å²) in [5, 5.41) is 0. The molecule has 3 nitrogen and oxygen atoms in total. The summed E-state index contributed by atoms with van der Waals surface area (Å²) < 4.78 is 0. The van der Waals surface area contributed by atoms with E-state index < -0.39 is 0 Å². The van der Waals surface area contributed by atoms with Crippen LogP contribution in [-0.4, -0.2) is 28.9 Å². The summed E-state index contributed by atoms with van der Waals surface area (Å²) in [6.45, 7) is 4.04. The van der Waals surface area contributed by atoms with Gasteiger partial charge in [0.2, 0.25) is 5.91 Å². The third-order valence-electron chi connectivity index (χ3n) is 4.14. The first kappa shape index (κ1) is 15.0. The second-order valence-electron chi connectivity index (χ2n) is 5.47. The fourth-order valence-corrected chi connectivity index (χ4v) is 2.80. The maximum absolute atomic E-state index is 12.3. The molecule has 0 spiro atoms. The van der Waals surface area contributed by atoms with Crippen LogP contribution in [0.4, 0.5) is 0 Å². The molecule has 0 aliphatic carbocycles. The Kier molecular flexibility index (Phi) is 5.12. The van der Waals surface area contributed by atoms with Crippen LogP contribution in [0.25, 0.3) is 0 Å². The van der Waals surface area contributed by atoms with Crippen LogP contribution in [0.2, 0.25) is 0 Å². The van der Waals surface area contributed by atoms with Gasteiger partial charge in [-0.3, -0.25) is 4.79 Å². The van der Waals surface area contributed by atoms with Crippen molar-refractivity contribution in [3.05, 3.63) is 35.4 Å². The van der Waals surface area contributed by atoms with Gasteiger partial charge in [-0.15, -0.1) is 0 Å². The topological polar surface area (TPSA) is 46.3 Å². The number of nitrogens with zero attached hydrogens (tertiary/aromatic N) is 1. The van der Waals surface area contributed by atoms with Gasteiger partial charge in [0.1, 0.15) is 4.99 Å². The molecular weight excluding hydrogens is 268 g/mol. The molecule has 1 fully saturated rings. The smallest absolute Gasteiger partial charge is 0.226 e. The second kappa shape index (κ2) is 6.84. The van der Waals surface area contributed by atoms with Crippen LogP contribution >= 0.6 is 12.2 Å². The molecule has 1 aliphatic heterocycles. The van der Waals surface area contributed by atoms with Crippen LogP contribution in [0.15, 0.2) is 24.3 Å².